The lowest BCUT2D eigenvalue weighted by atomic mass is 10.1. The lowest BCUT2D eigenvalue weighted by molar-refractivity contribution is -0.274. The Hall–Kier alpha value is -3.29. The van der Waals surface area contributed by atoms with Gasteiger partial charge in [-0.15, -0.1) is 13.2 Å². The van der Waals surface area contributed by atoms with Gasteiger partial charge in [0, 0.05) is 12.0 Å². The van der Waals surface area contributed by atoms with E-state index in [0.717, 1.165) is 0 Å². The number of halogens is 3. The number of carboxylic acid groups (broad SMARTS) is 1. The second kappa shape index (κ2) is 8.39. The average molecular weight is 379 g/mol. The van der Waals surface area contributed by atoms with Gasteiger partial charge in [0.05, 0.1) is 11.3 Å². The molecule has 0 unspecified atom stereocenters. The SMILES string of the molecule is CCC(=O)Nc1ccc(C=Cc2ccccc2OC(F)(F)F)cc1C(=O)O. The highest BCUT2D eigenvalue weighted by Crippen LogP contribution is 2.28. The van der Waals surface area contributed by atoms with Crippen LogP contribution in [0.2, 0.25) is 0 Å². The van der Waals surface area contributed by atoms with E-state index in [1.54, 1.807) is 19.1 Å². The molecular formula is C19H16F3NO4. The summed E-state index contributed by atoms with van der Waals surface area (Å²) in [4.78, 5) is 22.9. The van der Waals surface area contributed by atoms with Crippen molar-refractivity contribution in [2.75, 3.05) is 5.32 Å². The normalized spacial score (nSPS) is 11.4. The van der Waals surface area contributed by atoms with Gasteiger partial charge in [-0.1, -0.05) is 43.3 Å². The molecule has 0 spiro atoms. The molecule has 2 rings (SSSR count). The molecule has 2 N–H and O–H groups in total. The number of para-hydroxylation sites is 1. The van der Waals surface area contributed by atoms with Crippen LogP contribution >= 0.6 is 0 Å². The molecule has 27 heavy (non-hydrogen) atoms. The van der Waals surface area contributed by atoms with Crippen molar-refractivity contribution in [2.45, 2.75) is 19.7 Å². The van der Waals surface area contributed by atoms with Crippen molar-refractivity contribution < 1.29 is 32.6 Å². The van der Waals surface area contributed by atoms with Gasteiger partial charge in [0.15, 0.2) is 0 Å². The molecule has 0 radical (unpaired) electrons. The van der Waals surface area contributed by atoms with E-state index in [1.165, 1.54) is 42.5 Å². The molecule has 2 aromatic carbocycles. The van der Waals surface area contributed by atoms with E-state index in [9.17, 15) is 27.9 Å². The Labute approximate surface area is 153 Å². The Morgan fingerprint density at radius 3 is 2.48 bits per heavy atom. The van der Waals surface area contributed by atoms with Crippen LogP contribution in [0.15, 0.2) is 42.5 Å². The fourth-order valence-corrected chi connectivity index (χ4v) is 2.21. The zero-order chi connectivity index (χ0) is 20.0. The van der Waals surface area contributed by atoms with Crippen molar-refractivity contribution in [2.24, 2.45) is 0 Å². The fourth-order valence-electron chi connectivity index (χ4n) is 2.21. The highest BCUT2D eigenvalue weighted by atomic mass is 19.4. The first-order chi connectivity index (χ1) is 12.7. The van der Waals surface area contributed by atoms with E-state index in [1.807, 2.05) is 0 Å². The Morgan fingerprint density at radius 1 is 1.15 bits per heavy atom. The number of hydrogen-bond acceptors (Lipinski definition) is 3. The van der Waals surface area contributed by atoms with E-state index in [-0.39, 0.29) is 34.9 Å². The average Bonchev–Trinajstić information content (AvgIpc) is 2.60. The Morgan fingerprint density at radius 2 is 1.85 bits per heavy atom. The quantitative estimate of drug-likeness (QED) is 0.707. The maximum absolute atomic E-state index is 12.5. The predicted molar refractivity (Wildman–Crippen MR) is 94.4 cm³/mol. The van der Waals surface area contributed by atoms with Gasteiger partial charge >= 0.3 is 12.3 Å². The number of aromatic carboxylic acids is 1. The summed E-state index contributed by atoms with van der Waals surface area (Å²) in [5.74, 6) is -1.94. The summed E-state index contributed by atoms with van der Waals surface area (Å²) < 4.78 is 41.3. The van der Waals surface area contributed by atoms with Crippen LogP contribution in [0.3, 0.4) is 0 Å². The monoisotopic (exact) mass is 379 g/mol. The number of anilines is 1. The number of ether oxygens (including phenoxy) is 1. The van der Waals surface area contributed by atoms with Crippen molar-refractivity contribution in [3.8, 4) is 5.75 Å². The zero-order valence-corrected chi connectivity index (χ0v) is 14.2. The third-order valence-corrected chi connectivity index (χ3v) is 3.47. The van der Waals surface area contributed by atoms with Crippen molar-refractivity contribution in [1.82, 2.24) is 0 Å². The standard InChI is InChI=1S/C19H16F3NO4/c1-2-17(24)23-15-10-8-12(11-14(15)18(25)26)7-9-13-5-3-4-6-16(13)27-19(20,21)22/h3-11H,2H2,1H3,(H,23,24)(H,25,26). The summed E-state index contributed by atoms with van der Waals surface area (Å²) in [5, 5.41) is 11.8. The zero-order valence-electron chi connectivity index (χ0n) is 14.2. The van der Waals surface area contributed by atoms with Crippen molar-refractivity contribution in [3.63, 3.8) is 0 Å². The van der Waals surface area contributed by atoms with Gasteiger partial charge < -0.3 is 15.2 Å². The Bertz CT molecular complexity index is 875. The first-order valence-electron chi connectivity index (χ1n) is 7.89. The second-order valence-electron chi connectivity index (χ2n) is 5.43. The molecule has 0 saturated carbocycles. The molecule has 0 fully saturated rings. The van der Waals surface area contributed by atoms with Crippen LogP contribution in [0.5, 0.6) is 5.75 Å². The summed E-state index contributed by atoms with van der Waals surface area (Å²) in [5.41, 5.74) is 0.629. The molecule has 2 aromatic rings. The summed E-state index contributed by atoms with van der Waals surface area (Å²) >= 11 is 0. The smallest absolute Gasteiger partial charge is 0.478 e. The molecule has 0 aliphatic rings. The van der Waals surface area contributed by atoms with Crippen LogP contribution in [0.4, 0.5) is 18.9 Å². The van der Waals surface area contributed by atoms with E-state index >= 15 is 0 Å². The van der Waals surface area contributed by atoms with Gasteiger partial charge in [-0.2, -0.15) is 0 Å². The number of carboxylic acids is 1. The number of alkyl halides is 3. The largest absolute Gasteiger partial charge is 0.573 e. The second-order valence-corrected chi connectivity index (χ2v) is 5.43. The molecule has 142 valence electrons. The van der Waals surface area contributed by atoms with Gasteiger partial charge in [0.1, 0.15) is 5.75 Å². The molecule has 0 aliphatic carbocycles. The number of benzene rings is 2. The molecule has 8 heteroatoms. The summed E-state index contributed by atoms with van der Waals surface area (Å²) in [6.45, 7) is 1.63. The van der Waals surface area contributed by atoms with E-state index < -0.39 is 12.3 Å². The number of amides is 1. The maximum atomic E-state index is 12.5. The summed E-state index contributed by atoms with van der Waals surface area (Å²) in [6.07, 6.45) is -1.79. The number of nitrogens with one attached hydrogen (secondary N) is 1. The fraction of sp³-hybridized carbons (Fsp3) is 0.158. The van der Waals surface area contributed by atoms with Gasteiger partial charge in [0.2, 0.25) is 5.91 Å². The molecule has 5 nitrogen and oxygen atoms in total. The lowest BCUT2D eigenvalue weighted by Gasteiger charge is -2.11. The number of carbonyl (C=O) groups excluding carboxylic acids is 1. The van der Waals surface area contributed by atoms with Crippen LogP contribution in [0, 0.1) is 0 Å². The molecule has 0 heterocycles. The van der Waals surface area contributed by atoms with Crippen LogP contribution in [-0.2, 0) is 4.79 Å². The molecular weight excluding hydrogens is 363 g/mol. The predicted octanol–water partition coefficient (Wildman–Crippen LogP) is 4.80. The van der Waals surface area contributed by atoms with Gasteiger partial charge in [0.25, 0.3) is 0 Å². The Kier molecular flexibility index (Phi) is 6.23. The minimum atomic E-state index is -4.82. The molecule has 0 aromatic heterocycles. The van der Waals surface area contributed by atoms with Crippen molar-refractivity contribution in [3.05, 3.63) is 59.2 Å². The Balaban J connectivity index is 2.31. The van der Waals surface area contributed by atoms with Crippen LogP contribution < -0.4 is 10.1 Å². The van der Waals surface area contributed by atoms with Gasteiger partial charge in [-0.3, -0.25) is 4.79 Å². The van der Waals surface area contributed by atoms with Crippen molar-refractivity contribution >= 4 is 29.7 Å². The molecule has 0 bridgehead atoms. The topological polar surface area (TPSA) is 75.6 Å². The number of hydrogen-bond donors (Lipinski definition) is 2. The molecule has 0 aliphatic heterocycles. The third kappa shape index (κ3) is 5.88. The minimum Gasteiger partial charge on any atom is -0.478 e. The van der Waals surface area contributed by atoms with Gasteiger partial charge in [-0.25, -0.2) is 4.79 Å². The lowest BCUT2D eigenvalue weighted by Crippen LogP contribution is -2.17. The first kappa shape index (κ1) is 20.0. The molecule has 0 saturated heterocycles. The first-order valence-corrected chi connectivity index (χ1v) is 7.89. The third-order valence-electron chi connectivity index (χ3n) is 3.47. The summed E-state index contributed by atoms with van der Waals surface area (Å²) in [6, 6.07) is 9.86. The molecule has 0 atom stereocenters. The van der Waals surface area contributed by atoms with Crippen LogP contribution in [0.1, 0.15) is 34.8 Å². The van der Waals surface area contributed by atoms with E-state index in [4.69, 9.17) is 0 Å². The van der Waals surface area contributed by atoms with E-state index in [2.05, 4.69) is 10.1 Å². The highest BCUT2D eigenvalue weighted by molar-refractivity contribution is 6.01. The van der Waals surface area contributed by atoms with Gasteiger partial charge in [-0.05, 0) is 23.8 Å². The number of rotatable bonds is 6. The van der Waals surface area contributed by atoms with E-state index in [0.29, 0.717) is 5.56 Å². The number of carbonyl (C=O) groups is 2. The highest BCUT2D eigenvalue weighted by Gasteiger charge is 2.31. The molecule has 1 amide bonds. The van der Waals surface area contributed by atoms with Crippen molar-refractivity contribution in [1.29, 1.82) is 0 Å². The maximum Gasteiger partial charge on any atom is 0.573 e. The minimum absolute atomic E-state index is 0.126. The van der Waals surface area contributed by atoms with Crippen LogP contribution in [0.25, 0.3) is 12.2 Å². The van der Waals surface area contributed by atoms with Crippen LogP contribution in [-0.4, -0.2) is 23.3 Å². The summed E-state index contributed by atoms with van der Waals surface area (Å²) in [7, 11) is 0.